The van der Waals surface area contributed by atoms with Crippen molar-refractivity contribution < 1.29 is 39.8 Å². The number of carbonyl (C=O) groups is 1. The first-order valence-corrected chi connectivity index (χ1v) is 21.1. The normalized spacial score (nSPS) is 22.2. The zero-order valence-corrected chi connectivity index (χ0v) is 32.6. The van der Waals surface area contributed by atoms with Gasteiger partial charge in [-0.05, 0) is 44.9 Å². The molecule has 1 rings (SSSR count). The number of allylic oxidation sites excluding steroid dienone is 3. The van der Waals surface area contributed by atoms with E-state index in [-0.39, 0.29) is 12.5 Å². The summed E-state index contributed by atoms with van der Waals surface area (Å²) in [5.74, 6) is -0.187. The molecule has 9 nitrogen and oxygen atoms in total. The second kappa shape index (κ2) is 33.3. The van der Waals surface area contributed by atoms with Crippen LogP contribution < -0.4 is 5.32 Å². The van der Waals surface area contributed by atoms with Crippen LogP contribution in [0.25, 0.3) is 0 Å². The summed E-state index contributed by atoms with van der Waals surface area (Å²) in [7, 11) is 0. The zero-order valence-electron chi connectivity index (χ0n) is 32.6. The molecule has 1 aliphatic rings. The van der Waals surface area contributed by atoms with Crippen LogP contribution in [-0.4, -0.2) is 87.5 Å². The number of hydrogen-bond acceptors (Lipinski definition) is 8. The number of carbonyl (C=O) groups excluding carboxylic acids is 1. The molecule has 1 saturated heterocycles. The molecule has 0 unspecified atom stereocenters. The standard InChI is InChI=1S/C42H79NO8/c1-3-5-7-9-11-13-15-17-18-20-22-24-26-28-30-32-38(46)43-35(34-50-42-41(49)40(48)39(47)37(33-44)51-42)36(45)31-29-27-25-23-21-19-16-14-12-10-8-6-4-2/h17-18,29,31,35-37,39-42,44-45,47-49H,3-16,19-28,30,32-34H2,1-2H3,(H,43,46)/b18-17-,31-29+/t35-,36+,37+,39-,40-,41+,42+/m0/s1. The van der Waals surface area contributed by atoms with E-state index >= 15 is 0 Å². The molecule has 0 spiro atoms. The minimum absolute atomic E-state index is 0.187. The van der Waals surface area contributed by atoms with Gasteiger partial charge in [-0.3, -0.25) is 4.79 Å². The molecule has 7 atom stereocenters. The Hall–Kier alpha value is -1.33. The number of rotatable bonds is 34. The molecular weight excluding hydrogens is 646 g/mol. The number of amides is 1. The summed E-state index contributed by atoms with van der Waals surface area (Å²) < 4.78 is 11.2. The molecule has 1 amide bonds. The van der Waals surface area contributed by atoms with Crippen molar-refractivity contribution in [2.45, 2.75) is 224 Å². The molecular formula is C42H79NO8. The first-order chi connectivity index (χ1) is 24.8. The Morgan fingerprint density at radius 1 is 0.647 bits per heavy atom. The van der Waals surface area contributed by atoms with Crippen molar-refractivity contribution in [3.8, 4) is 0 Å². The molecule has 0 radical (unpaired) electrons. The van der Waals surface area contributed by atoms with Crippen molar-refractivity contribution in [1.82, 2.24) is 5.32 Å². The number of nitrogens with one attached hydrogen (secondary N) is 1. The lowest BCUT2D eigenvalue weighted by Crippen LogP contribution is -2.60. The van der Waals surface area contributed by atoms with Crippen LogP contribution in [0, 0.1) is 0 Å². The van der Waals surface area contributed by atoms with Gasteiger partial charge in [0.25, 0.3) is 0 Å². The molecule has 0 aromatic heterocycles. The second-order valence-electron chi connectivity index (χ2n) is 14.8. The molecule has 1 fully saturated rings. The third kappa shape index (κ3) is 24.6. The molecule has 0 aromatic carbocycles. The lowest BCUT2D eigenvalue weighted by atomic mass is 9.99. The molecule has 0 bridgehead atoms. The third-order valence-electron chi connectivity index (χ3n) is 10.0. The highest BCUT2D eigenvalue weighted by atomic mass is 16.7. The van der Waals surface area contributed by atoms with Crippen molar-refractivity contribution in [2.75, 3.05) is 13.2 Å². The van der Waals surface area contributed by atoms with Crippen LogP contribution in [0.3, 0.4) is 0 Å². The summed E-state index contributed by atoms with van der Waals surface area (Å²) in [5, 5.41) is 54.0. The Bertz CT molecular complexity index is 853. The van der Waals surface area contributed by atoms with Gasteiger partial charge in [-0.2, -0.15) is 0 Å². The van der Waals surface area contributed by atoms with Gasteiger partial charge in [-0.15, -0.1) is 0 Å². The van der Waals surface area contributed by atoms with Crippen molar-refractivity contribution in [3.05, 3.63) is 24.3 Å². The fourth-order valence-corrected chi connectivity index (χ4v) is 6.56. The average Bonchev–Trinajstić information content (AvgIpc) is 3.13. The molecule has 0 saturated carbocycles. The number of ether oxygens (including phenoxy) is 2. The Morgan fingerprint density at radius 2 is 1.10 bits per heavy atom. The summed E-state index contributed by atoms with van der Waals surface area (Å²) in [6.07, 6.45) is 30.7. The highest BCUT2D eigenvalue weighted by Gasteiger charge is 2.44. The van der Waals surface area contributed by atoms with Crippen LogP contribution in [0.4, 0.5) is 0 Å². The highest BCUT2D eigenvalue weighted by molar-refractivity contribution is 5.76. The molecule has 0 aromatic rings. The topological polar surface area (TPSA) is 149 Å². The lowest BCUT2D eigenvalue weighted by molar-refractivity contribution is -0.302. The Labute approximate surface area is 311 Å². The zero-order chi connectivity index (χ0) is 37.4. The fraction of sp³-hybridized carbons (Fsp3) is 0.881. The minimum Gasteiger partial charge on any atom is -0.394 e. The second-order valence-corrected chi connectivity index (χ2v) is 14.8. The quantitative estimate of drug-likeness (QED) is 0.0289. The van der Waals surface area contributed by atoms with E-state index in [1.165, 1.54) is 103 Å². The molecule has 1 heterocycles. The maximum atomic E-state index is 12.9. The number of hydrogen-bond donors (Lipinski definition) is 6. The van der Waals surface area contributed by atoms with Gasteiger partial charge >= 0.3 is 0 Å². The summed E-state index contributed by atoms with van der Waals surface area (Å²) in [5.41, 5.74) is 0. The summed E-state index contributed by atoms with van der Waals surface area (Å²) >= 11 is 0. The van der Waals surface area contributed by atoms with E-state index < -0.39 is 49.5 Å². The van der Waals surface area contributed by atoms with Crippen molar-refractivity contribution >= 4 is 5.91 Å². The summed E-state index contributed by atoms with van der Waals surface area (Å²) in [4.78, 5) is 12.9. The number of aliphatic hydroxyl groups is 5. The summed E-state index contributed by atoms with van der Waals surface area (Å²) in [6.45, 7) is 3.74. The summed E-state index contributed by atoms with van der Waals surface area (Å²) in [6, 6.07) is -0.804. The van der Waals surface area contributed by atoms with Gasteiger partial charge in [-0.1, -0.05) is 154 Å². The molecule has 300 valence electrons. The van der Waals surface area contributed by atoms with E-state index in [1.807, 2.05) is 6.08 Å². The van der Waals surface area contributed by atoms with E-state index in [1.54, 1.807) is 6.08 Å². The molecule has 6 N–H and O–H groups in total. The van der Waals surface area contributed by atoms with Crippen molar-refractivity contribution in [1.29, 1.82) is 0 Å². The smallest absolute Gasteiger partial charge is 0.220 e. The van der Waals surface area contributed by atoms with E-state index in [0.717, 1.165) is 57.8 Å². The van der Waals surface area contributed by atoms with E-state index in [4.69, 9.17) is 9.47 Å². The van der Waals surface area contributed by atoms with Gasteiger partial charge in [-0.25, -0.2) is 0 Å². The SMILES string of the molecule is CCCCCCCC/C=C\CCCCCCCC(=O)N[C@@H](CO[C@@H]1O[C@H](CO)[C@H](O)[C@H](O)[C@H]1O)[C@H](O)/C=C/CCCCCCCCCCCCC. The Morgan fingerprint density at radius 3 is 1.59 bits per heavy atom. The molecule has 51 heavy (non-hydrogen) atoms. The van der Waals surface area contributed by atoms with Crippen LogP contribution in [-0.2, 0) is 14.3 Å². The monoisotopic (exact) mass is 726 g/mol. The first kappa shape index (κ1) is 47.7. The number of aliphatic hydroxyl groups excluding tert-OH is 5. The van der Waals surface area contributed by atoms with E-state index in [0.29, 0.717) is 6.42 Å². The maximum Gasteiger partial charge on any atom is 0.220 e. The van der Waals surface area contributed by atoms with Crippen LogP contribution in [0.1, 0.15) is 181 Å². The molecule has 0 aliphatic carbocycles. The minimum atomic E-state index is -1.56. The van der Waals surface area contributed by atoms with Gasteiger partial charge in [0.1, 0.15) is 24.4 Å². The fourth-order valence-electron chi connectivity index (χ4n) is 6.56. The van der Waals surface area contributed by atoms with Crippen LogP contribution in [0.5, 0.6) is 0 Å². The van der Waals surface area contributed by atoms with Crippen LogP contribution >= 0.6 is 0 Å². The van der Waals surface area contributed by atoms with Gasteiger partial charge < -0.3 is 40.3 Å². The van der Waals surface area contributed by atoms with E-state index in [2.05, 4.69) is 31.3 Å². The van der Waals surface area contributed by atoms with Gasteiger partial charge in [0, 0.05) is 6.42 Å². The molecule has 1 aliphatic heterocycles. The predicted molar refractivity (Wildman–Crippen MR) is 207 cm³/mol. The largest absolute Gasteiger partial charge is 0.394 e. The molecule has 9 heteroatoms. The number of unbranched alkanes of at least 4 members (excludes halogenated alkanes) is 22. The Kier molecular flexibility index (Phi) is 31.1. The van der Waals surface area contributed by atoms with Crippen molar-refractivity contribution in [3.63, 3.8) is 0 Å². The van der Waals surface area contributed by atoms with Crippen molar-refractivity contribution in [2.24, 2.45) is 0 Å². The van der Waals surface area contributed by atoms with Gasteiger partial charge in [0.2, 0.25) is 5.91 Å². The first-order valence-electron chi connectivity index (χ1n) is 21.1. The third-order valence-corrected chi connectivity index (χ3v) is 10.0. The lowest BCUT2D eigenvalue weighted by Gasteiger charge is -2.40. The van der Waals surface area contributed by atoms with E-state index in [9.17, 15) is 30.3 Å². The van der Waals surface area contributed by atoms with Gasteiger partial charge in [0.15, 0.2) is 6.29 Å². The average molecular weight is 726 g/mol. The maximum absolute atomic E-state index is 12.9. The highest BCUT2D eigenvalue weighted by Crippen LogP contribution is 2.22. The van der Waals surface area contributed by atoms with Gasteiger partial charge in [0.05, 0.1) is 25.4 Å². The Balaban J connectivity index is 2.42. The van der Waals surface area contributed by atoms with Crippen LogP contribution in [0.2, 0.25) is 0 Å². The van der Waals surface area contributed by atoms with Crippen LogP contribution in [0.15, 0.2) is 24.3 Å². The predicted octanol–water partition coefficient (Wildman–Crippen LogP) is 7.94.